The largest absolute Gasteiger partial charge is 0.271 e. The maximum atomic E-state index is 8.51. The first-order chi connectivity index (χ1) is 5.22. The summed E-state index contributed by atoms with van der Waals surface area (Å²) in [5, 5.41) is 12.6. The first-order valence-electron chi connectivity index (χ1n) is 3.61. The van der Waals surface area contributed by atoms with Gasteiger partial charge in [0.2, 0.25) is 0 Å². The van der Waals surface area contributed by atoms with E-state index in [0.717, 1.165) is 5.56 Å². The summed E-state index contributed by atoms with van der Waals surface area (Å²) < 4.78 is 1.79. The highest BCUT2D eigenvalue weighted by atomic mass is 15.3. The highest BCUT2D eigenvalue weighted by Crippen LogP contribution is 1.99. The zero-order chi connectivity index (χ0) is 8.27. The Morgan fingerprint density at radius 3 is 3.00 bits per heavy atom. The van der Waals surface area contributed by atoms with Crippen molar-refractivity contribution in [3.8, 4) is 6.07 Å². The highest BCUT2D eigenvalue weighted by molar-refractivity contribution is 4.99. The molecule has 0 aliphatic heterocycles. The number of hydrogen-bond acceptors (Lipinski definition) is 2. The van der Waals surface area contributed by atoms with Crippen molar-refractivity contribution in [3.63, 3.8) is 0 Å². The first kappa shape index (κ1) is 7.80. The molecule has 3 heteroatoms. The molecule has 0 aliphatic rings. The molecule has 3 nitrogen and oxygen atoms in total. The normalized spacial score (nSPS) is 12.5. The summed E-state index contributed by atoms with van der Waals surface area (Å²) in [5.74, 6) is 0.0364. The Kier molecular flexibility index (Phi) is 2.27. The average molecular weight is 149 g/mol. The summed E-state index contributed by atoms with van der Waals surface area (Å²) in [5.41, 5.74) is 1.13. The first-order valence-corrected chi connectivity index (χ1v) is 3.61. The van der Waals surface area contributed by atoms with Crippen LogP contribution in [0.3, 0.4) is 0 Å². The lowest BCUT2D eigenvalue weighted by atomic mass is 10.2. The number of nitrogens with zero attached hydrogens (tertiary/aromatic N) is 3. The van der Waals surface area contributed by atoms with E-state index in [9.17, 15) is 0 Å². The van der Waals surface area contributed by atoms with Gasteiger partial charge in [0.1, 0.15) is 0 Å². The molecule has 0 amide bonds. The van der Waals surface area contributed by atoms with Crippen LogP contribution in [0.4, 0.5) is 0 Å². The fourth-order valence-corrected chi connectivity index (χ4v) is 0.888. The molecule has 0 saturated carbocycles. The van der Waals surface area contributed by atoms with Crippen LogP contribution in [0, 0.1) is 24.2 Å². The second-order valence-corrected chi connectivity index (χ2v) is 2.77. The lowest BCUT2D eigenvalue weighted by Gasteiger charge is -2.00. The van der Waals surface area contributed by atoms with Crippen LogP contribution >= 0.6 is 0 Å². The van der Waals surface area contributed by atoms with E-state index in [4.69, 9.17) is 5.26 Å². The van der Waals surface area contributed by atoms with Gasteiger partial charge in [-0.05, 0) is 19.4 Å². The van der Waals surface area contributed by atoms with Crippen LogP contribution in [-0.2, 0) is 6.54 Å². The lowest BCUT2D eigenvalue weighted by molar-refractivity contribution is 0.528. The molecule has 58 valence electrons. The summed E-state index contributed by atoms with van der Waals surface area (Å²) in [4.78, 5) is 0. The van der Waals surface area contributed by atoms with E-state index in [1.54, 1.807) is 10.9 Å². The molecule has 0 radical (unpaired) electrons. The number of aromatic nitrogens is 2. The standard InChI is InChI=1S/C8H11N3/c1-7(3-9)5-11-6-8(2)4-10-11/h4,6-7H,5H2,1-2H3/t7-/m1/s1. The Balaban J connectivity index is 2.59. The summed E-state index contributed by atoms with van der Waals surface area (Å²) in [6.45, 7) is 4.56. The zero-order valence-corrected chi connectivity index (χ0v) is 6.78. The third kappa shape index (κ3) is 2.08. The number of aryl methyl sites for hydroxylation is 1. The van der Waals surface area contributed by atoms with Gasteiger partial charge in [0, 0.05) is 6.20 Å². The Morgan fingerprint density at radius 2 is 2.55 bits per heavy atom. The fraction of sp³-hybridized carbons (Fsp3) is 0.500. The molecule has 1 atom stereocenters. The van der Waals surface area contributed by atoms with Crippen LogP contribution in [0.15, 0.2) is 12.4 Å². The molecule has 0 aromatic carbocycles. The minimum absolute atomic E-state index is 0.0364. The summed E-state index contributed by atoms with van der Waals surface area (Å²) in [7, 11) is 0. The topological polar surface area (TPSA) is 41.6 Å². The molecule has 0 unspecified atom stereocenters. The molecule has 0 N–H and O–H groups in total. The van der Waals surface area contributed by atoms with Gasteiger partial charge in [-0.15, -0.1) is 0 Å². The third-order valence-corrected chi connectivity index (χ3v) is 1.44. The molecule has 0 spiro atoms. The molecule has 1 heterocycles. The van der Waals surface area contributed by atoms with E-state index in [-0.39, 0.29) is 5.92 Å². The zero-order valence-electron chi connectivity index (χ0n) is 6.78. The van der Waals surface area contributed by atoms with Crippen LogP contribution in [-0.4, -0.2) is 9.78 Å². The maximum absolute atomic E-state index is 8.51. The molecular weight excluding hydrogens is 138 g/mol. The SMILES string of the molecule is Cc1cnn(C[C@H](C)C#N)c1. The molecule has 0 aliphatic carbocycles. The lowest BCUT2D eigenvalue weighted by Crippen LogP contribution is -2.05. The van der Waals surface area contributed by atoms with Gasteiger partial charge >= 0.3 is 0 Å². The van der Waals surface area contributed by atoms with Crippen molar-refractivity contribution in [2.75, 3.05) is 0 Å². The average Bonchev–Trinajstić information content (AvgIpc) is 2.35. The molecular formula is C8H11N3. The van der Waals surface area contributed by atoms with E-state index < -0.39 is 0 Å². The monoisotopic (exact) mass is 149 g/mol. The van der Waals surface area contributed by atoms with E-state index >= 15 is 0 Å². The Hall–Kier alpha value is -1.30. The van der Waals surface area contributed by atoms with E-state index in [1.807, 2.05) is 20.0 Å². The van der Waals surface area contributed by atoms with E-state index in [2.05, 4.69) is 11.2 Å². The Bertz CT molecular complexity index is 269. The quantitative estimate of drug-likeness (QED) is 0.637. The van der Waals surface area contributed by atoms with Gasteiger partial charge in [-0.2, -0.15) is 10.4 Å². The predicted molar refractivity (Wildman–Crippen MR) is 41.7 cm³/mol. The van der Waals surface area contributed by atoms with Crippen LogP contribution in [0.5, 0.6) is 0 Å². The van der Waals surface area contributed by atoms with Crippen LogP contribution in [0.2, 0.25) is 0 Å². The highest BCUT2D eigenvalue weighted by Gasteiger charge is 2.00. The van der Waals surface area contributed by atoms with Gasteiger partial charge in [-0.3, -0.25) is 4.68 Å². The van der Waals surface area contributed by atoms with Crippen LogP contribution < -0.4 is 0 Å². The van der Waals surface area contributed by atoms with Gasteiger partial charge in [0.15, 0.2) is 0 Å². The van der Waals surface area contributed by atoms with Crippen molar-refractivity contribution in [2.24, 2.45) is 5.92 Å². The van der Waals surface area contributed by atoms with Gasteiger partial charge in [0.25, 0.3) is 0 Å². The molecule has 0 bridgehead atoms. The Labute approximate surface area is 66.3 Å². The van der Waals surface area contributed by atoms with Crippen molar-refractivity contribution >= 4 is 0 Å². The van der Waals surface area contributed by atoms with Crippen molar-refractivity contribution in [1.82, 2.24) is 9.78 Å². The predicted octanol–water partition coefficient (Wildman–Crippen LogP) is 1.35. The van der Waals surface area contributed by atoms with Crippen molar-refractivity contribution in [2.45, 2.75) is 20.4 Å². The molecule has 11 heavy (non-hydrogen) atoms. The Morgan fingerprint density at radius 1 is 1.82 bits per heavy atom. The van der Waals surface area contributed by atoms with Gasteiger partial charge in [-0.25, -0.2) is 0 Å². The molecule has 1 aromatic heterocycles. The maximum Gasteiger partial charge on any atom is 0.0672 e. The molecule has 0 saturated heterocycles. The second kappa shape index (κ2) is 3.20. The van der Waals surface area contributed by atoms with E-state index in [0.29, 0.717) is 6.54 Å². The molecule has 1 rings (SSSR count). The van der Waals surface area contributed by atoms with Gasteiger partial charge in [0.05, 0.1) is 24.7 Å². The second-order valence-electron chi connectivity index (χ2n) is 2.77. The fourth-order valence-electron chi connectivity index (χ4n) is 0.888. The number of hydrogen-bond donors (Lipinski definition) is 0. The van der Waals surface area contributed by atoms with Gasteiger partial charge < -0.3 is 0 Å². The van der Waals surface area contributed by atoms with Crippen molar-refractivity contribution < 1.29 is 0 Å². The minimum atomic E-state index is 0.0364. The molecule has 0 fully saturated rings. The van der Waals surface area contributed by atoms with E-state index in [1.165, 1.54) is 0 Å². The molecule has 1 aromatic rings. The summed E-state index contributed by atoms with van der Waals surface area (Å²) in [6.07, 6.45) is 3.73. The van der Waals surface area contributed by atoms with Gasteiger partial charge in [-0.1, -0.05) is 0 Å². The number of rotatable bonds is 2. The van der Waals surface area contributed by atoms with Crippen LogP contribution in [0.25, 0.3) is 0 Å². The van der Waals surface area contributed by atoms with Crippen molar-refractivity contribution in [1.29, 1.82) is 5.26 Å². The van der Waals surface area contributed by atoms with Crippen LogP contribution in [0.1, 0.15) is 12.5 Å². The van der Waals surface area contributed by atoms with Crippen molar-refractivity contribution in [3.05, 3.63) is 18.0 Å². The summed E-state index contributed by atoms with van der Waals surface area (Å²) >= 11 is 0. The summed E-state index contributed by atoms with van der Waals surface area (Å²) in [6, 6.07) is 2.16. The number of nitriles is 1. The smallest absolute Gasteiger partial charge is 0.0672 e. The third-order valence-electron chi connectivity index (χ3n) is 1.44. The minimum Gasteiger partial charge on any atom is -0.271 e.